The second kappa shape index (κ2) is 67.3. The van der Waals surface area contributed by atoms with Crippen molar-refractivity contribution in [1.82, 2.24) is 0 Å². The van der Waals surface area contributed by atoms with Gasteiger partial charge in [0, 0.05) is 19.3 Å². The molecule has 0 N–H and O–H groups in total. The Kier molecular flexibility index (Phi) is 63.8. The van der Waals surface area contributed by atoms with E-state index in [-0.39, 0.29) is 31.1 Å². The highest BCUT2D eigenvalue weighted by Crippen LogP contribution is 2.16. The van der Waals surface area contributed by atoms with Crippen molar-refractivity contribution in [3.63, 3.8) is 0 Å². The van der Waals surface area contributed by atoms with Crippen LogP contribution in [0.3, 0.4) is 0 Å². The molecule has 0 bridgehead atoms. The number of hydrogen-bond acceptors (Lipinski definition) is 6. The molecule has 0 aliphatic rings. The molecule has 1 unspecified atom stereocenters. The second-order valence-electron chi connectivity index (χ2n) is 22.0. The van der Waals surface area contributed by atoms with Crippen molar-refractivity contribution in [3.05, 3.63) is 122 Å². The second-order valence-corrected chi connectivity index (χ2v) is 22.0. The number of carbonyl (C=O) groups excluding carboxylic acids is 3. The Labute approximate surface area is 494 Å². The predicted octanol–water partition coefficient (Wildman–Crippen LogP) is 23.2. The van der Waals surface area contributed by atoms with E-state index in [4.69, 9.17) is 14.2 Å². The summed E-state index contributed by atoms with van der Waals surface area (Å²) in [6.45, 7) is 6.44. The molecule has 0 radical (unpaired) electrons. The lowest BCUT2D eigenvalue weighted by Crippen LogP contribution is -2.30. The van der Waals surface area contributed by atoms with Gasteiger partial charge in [-0.3, -0.25) is 14.4 Å². The van der Waals surface area contributed by atoms with E-state index < -0.39 is 6.10 Å². The summed E-state index contributed by atoms with van der Waals surface area (Å²) in [5, 5.41) is 0. The smallest absolute Gasteiger partial charge is 0.306 e. The van der Waals surface area contributed by atoms with Crippen molar-refractivity contribution < 1.29 is 28.6 Å². The van der Waals surface area contributed by atoms with Crippen molar-refractivity contribution in [2.75, 3.05) is 13.2 Å². The van der Waals surface area contributed by atoms with Crippen LogP contribution in [0.5, 0.6) is 0 Å². The van der Waals surface area contributed by atoms with Crippen molar-refractivity contribution in [2.45, 2.75) is 316 Å². The van der Waals surface area contributed by atoms with Gasteiger partial charge in [0.05, 0.1) is 0 Å². The van der Waals surface area contributed by atoms with Gasteiger partial charge >= 0.3 is 17.9 Å². The summed E-state index contributed by atoms with van der Waals surface area (Å²) in [6.07, 6.45) is 93.7. The number of allylic oxidation sites excluding steroid dienone is 20. The van der Waals surface area contributed by atoms with E-state index in [1.54, 1.807) is 0 Å². The Morgan fingerprint density at radius 2 is 0.512 bits per heavy atom. The van der Waals surface area contributed by atoms with Crippen molar-refractivity contribution >= 4 is 17.9 Å². The van der Waals surface area contributed by atoms with Gasteiger partial charge in [-0.05, 0) is 128 Å². The standard InChI is InChI=1S/C74H124O6/c1-4-7-10-13-16-19-22-24-26-28-30-32-34-35-36-37-38-39-41-42-44-46-48-50-52-55-58-61-64-67-73(76)79-70-71(69-78-72(75)66-63-60-57-54-21-18-15-12-9-6-3)80-74(77)68-65-62-59-56-53-51-49-47-45-43-40-33-31-29-27-25-23-20-17-14-11-8-5-2/h8,11-12,15,17,20,22,24-25,27-28,30-31,33-35,43,45,49,51,71H,4-7,9-10,13-14,16,18-19,21,23,26,29,32,36-42,44,46-48,50,52-70H2,1-3H3/b11-8-,15-12-,20-17-,24-22-,27-25-,30-28-,33-31-,35-34-,45-43-,51-49-. The summed E-state index contributed by atoms with van der Waals surface area (Å²) < 4.78 is 16.9. The van der Waals surface area contributed by atoms with Crippen molar-refractivity contribution in [1.29, 1.82) is 0 Å². The van der Waals surface area contributed by atoms with E-state index in [1.807, 2.05) is 0 Å². The number of rotatable bonds is 60. The minimum Gasteiger partial charge on any atom is -0.462 e. The van der Waals surface area contributed by atoms with E-state index in [9.17, 15) is 14.4 Å². The number of esters is 3. The zero-order chi connectivity index (χ0) is 57.8. The molecule has 0 fully saturated rings. The van der Waals surface area contributed by atoms with Gasteiger partial charge in [-0.2, -0.15) is 0 Å². The van der Waals surface area contributed by atoms with E-state index >= 15 is 0 Å². The molecule has 6 heteroatoms. The molecule has 0 heterocycles. The molecule has 80 heavy (non-hydrogen) atoms. The van der Waals surface area contributed by atoms with Gasteiger partial charge in [0.15, 0.2) is 6.10 Å². The summed E-state index contributed by atoms with van der Waals surface area (Å²) in [5.74, 6) is -0.925. The molecule has 0 aliphatic heterocycles. The Morgan fingerprint density at radius 1 is 0.263 bits per heavy atom. The van der Waals surface area contributed by atoms with Gasteiger partial charge in [0.2, 0.25) is 0 Å². The normalized spacial score (nSPS) is 12.9. The average molecular weight is 1110 g/mol. The topological polar surface area (TPSA) is 78.9 Å². The van der Waals surface area contributed by atoms with Crippen LogP contribution in [-0.4, -0.2) is 37.2 Å². The SMILES string of the molecule is CC/C=C\C/C=C\C/C=C\C/C=C\C/C=C\C/C=C\CCCCCCC(=O)OC(COC(=O)CCCCCCC/C=C\CCC)COC(=O)CCCCCCCCCCCCCCCC/C=C\C/C=C\C/C=C\CCCCCCC. The average Bonchev–Trinajstić information content (AvgIpc) is 3.46. The molecule has 1 atom stereocenters. The lowest BCUT2D eigenvalue weighted by Gasteiger charge is -2.18. The van der Waals surface area contributed by atoms with Crippen LogP contribution in [0.15, 0.2) is 122 Å². The van der Waals surface area contributed by atoms with Crippen LogP contribution in [0, 0.1) is 0 Å². The van der Waals surface area contributed by atoms with E-state index in [2.05, 4.69) is 142 Å². The zero-order valence-corrected chi connectivity index (χ0v) is 52.3. The van der Waals surface area contributed by atoms with Gasteiger partial charge in [0.25, 0.3) is 0 Å². The monoisotopic (exact) mass is 1110 g/mol. The lowest BCUT2D eigenvalue weighted by atomic mass is 10.0. The Morgan fingerprint density at radius 3 is 0.825 bits per heavy atom. The third-order valence-electron chi connectivity index (χ3n) is 14.2. The first kappa shape index (κ1) is 75.8. The molecule has 0 saturated carbocycles. The molecule has 0 amide bonds. The third-order valence-corrected chi connectivity index (χ3v) is 14.2. The maximum atomic E-state index is 12.9. The molecule has 0 saturated heterocycles. The van der Waals surface area contributed by atoms with Crippen molar-refractivity contribution in [2.24, 2.45) is 0 Å². The first-order chi connectivity index (χ1) is 39.5. The third kappa shape index (κ3) is 64.6. The van der Waals surface area contributed by atoms with E-state index in [0.29, 0.717) is 19.3 Å². The highest BCUT2D eigenvalue weighted by Gasteiger charge is 2.19. The first-order valence-electron chi connectivity index (χ1n) is 33.5. The first-order valence-corrected chi connectivity index (χ1v) is 33.5. The Bertz CT molecular complexity index is 1650. The Hall–Kier alpha value is -4.19. The minimum atomic E-state index is -0.799. The highest BCUT2D eigenvalue weighted by molar-refractivity contribution is 5.71. The van der Waals surface area contributed by atoms with Crippen LogP contribution in [0.1, 0.15) is 310 Å². The summed E-state index contributed by atoms with van der Waals surface area (Å²) >= 11 is 0. The lowest BCUT2D eigenvalue weighted by molar-refractivity contribution is -0.167. The van der Waals surface area contributed by atoms with Crippen LogP contribution in [0.25, 0.3) is 0 Å². The molecule has 6 nitrogen and oxygen atoms in total. The maximum Gasteiger partial charge on any atom is 0.306 e. The minimum absolute atomic E-state index is 0.0928. The largest absolute Gasteiger partial charge is 0.462 e. The molecule has 0 aromatic heterocycles. The van der Waals surface area contributed by atoms with Crippen LogP contribution < -0.4 is 0 Å². The fraction of sp³-hybridized carbons (Fsp3) is 0.689. The van der Waals surface area contributed by atoms with Gasteiger partial charge in [0.1, 0.15) is 13.2 Å². The molecular formula is C74H124O6. The van der Waals surface area contributed by atoms with Crippen molar-refractivity contribution in [3.8, 4) is 0 Å². The molecular weight excluding hydrogens is 985 g/mol. The fourth-order valence-electron chi connectivity index (χ4n) is 9.16. The fourth-order valence-corrected chi connectivity index (χ4v) is 9.16. The quantitative estimate of drug-likeness (QED) is 0.0261. The van der Waals surface area contributed by atoms with Crippen LogP contribution in [0.4, 0.5) is 0 Å². The number of hydrogen-bond donors (Lipinski definition) is 0. The number of carbonyl (C=O) groups is 3. The van der Waals surface area contributed by atoms with Gasteiger partial charge in [-0.25, -0.2) is 0 Å². The van der Waals surface area contributed by atoms with Crippen LogP contribution in [0.2, 0.25) is 0 Å². The number of ether oxygens (including phenoxy) is 3. The summed E-state index contributed by atoms with van der Waals surface area (Å²) in [6, 6.07) is 0. The summed E-state index contributed by atoms with van der Waals surface area (Å²) in [7, 11) is 0. The molecule has 0 rings (SSSR count). The van der Waals surface area contributed by atoms with Crippen LogP contribution in [-0.2, 0) is 28.6 Å². The highest BCUT2D eigenvalue weighted by atomic mass is 16.6. The molecule has 0 aromatic carbocycles. The van der Waals surface area contributed by atoms with E-state index in [1.165, 1.54) is 128 Å². The molecule has 0 aromatic rings. The molecule has 0 spiro atoms. The Balaban J connectivity index is 4.26. The summed E-state index contributed by atoms with van der Waals surface area (Å²) in [4.78, 5) is 38.3. The predicted molar refractivity (Wildman–Crippen MR) is 348 cm³/mol. The summed E-state index contributed by atoms with van der Waals surface area (Å²) in [5.41, 5.74) is 0. The van der Waals surface area contributed by atoms with E-state index in [0.717, 1.165) is 141 Å². The maximum absolute atomic E-state index is 12.9. The molecule has 456 valence electrons. The number of unbranched alkanes of at least 4 members (excludes halogenated alkanes) is 29. The van der Waals surface area contributed by atoms with Gasteiger partial charge < -0.3 is 14.2 Å². The van der Waals surface area contributed by atoms with Gasteiger partial charge in [-0.1, -0.05) is 284 Å². The van der Waals surface area contributed by atoms with Gasteiger partial charge in [-0.15, -0.1) is 0 Å². The molecule has 0 aliphatic carbocycles. The van der Waals surface area contributed by atoms with Crippen LogP contribution >= 0.6 is 0 Å². The zero-order valence-electron chi connectivity index (χ0n) is 52.3.